The van der Waals surface area contributed by atoms with Gasteiger partial charge in [0, 0.05) is 18.8 Å². The smallest absolute Gasteiger partial charge is 0.437 e. The highest BCUT2D eigenvalue weighted by Crippen LogP contribution is 2.49. The molecule has 0 saturated heterocycles. The number of esters is 1. The van der Waals surface area contributed by atoms with E-state index in [2.05, 4.69) is 4.74 Å². The van der Waals surface area contributed by atoms with Gasteiger partial charge in [0.05, 0.1) is 0 Å². The first-order chi connectivity index (χ1) is 12.1. The minimum Gasteiger partial charge on any atom is -0.550 e. The summed E-state index contributed by atoms with van der Waals surface area (Å²) in [5, 5.41) is 10.6. The van der Waals surface area contributed by atoms with E-state index < -0.39 is 47.5 Å². The number of carboxylic acids is 1. The quantitative estimate of drug-likeness (QED) is 0.575. The third-order valence-corrected chi connectivity index (χ3v) is 3.89. The number of rotatable bonds is 4. The van der Waals surface area contributed by atoms with Gasteiger partial charge < -0.3 is 19.4 Å². The minimum absolute atomic E-state index is 0.209. The zero-order valence-electron chi connectivity index (χ0n) is 14.0. The molecule has 1 aromatic rings. The fraction of sp³-hybridized carbons (Fsp3) is 0.500. The molecule has 0 atom stereocenters. The standard InChI is InChI=1S/C16H14F6O5/c1-13(2)6-8-4-3-5-9(11(8)26-13)12(25)27-14(7-10(23)24,15(17,18)19)16(20,21)22/h3-5H,6-7H2,1-2H3,(H,23,24)/p-1. The molecule has 1 aliphatic heterocycles. The Hall–Kier alpha value is -2.46. The summed E-state index contributed by atoms with van der Waals surface area (Å²) in [5.74, 6) is -4.91. The van der Waals surface area contributed by atoms with E-state index in [0.717, 1.165) is 6.07 Å². The second-order valence-corrected chi connectivity index (χ2v) is 6.59. The Labute approximate surface area is 148 Å². The van der Waals surface area contributed by atoms with Crippen molar-refractivity contribution >= 4 is 11.9 Å². The third kappa shape index (κ3) is 3.81. The molecule has 0 aromatic heterocycles. The largest absolute Gasteiger partial charge is 0.550 e. The topological polar surface area (TPSA) is 75.7 Å². The van der Waals surface area contributed by atoms with Crippen LogP contribution in [0.1, 0.15) is 36.2 Å². The molecule has 2 rings (SSSR count). The van der Waals surface area contributed by atoms with E-state index in [1.54, 1.807) is 13.8 Å². The monoisotopic (exact) mass is 399 g/mol. The Balaban J connectivity index is 2.50. The van der Waals surface area contributed by atoms with E-state index in [0.29, 0.717) is 5.56 Å². The van der Waals surface area contributed by atoms with Crippen LogP contribution in [0.3, 0.4) is 0 Å². The summed E-state index contributed by atoms with van der Waals surface area (Å²) < 4.78 is 88.3. The van der Waals surface area contributed by atoms with Gasteiger partial charge in [-0.1, -0.05) is 12.1 Å². The molecule has 5 nitrogen and oxygen atoms in total. The Morgan fingerprint density at radius 1 is 1.15 bits per heavy atom. The molecule has 0 fully saturated rings. The van der Waals surface area contributed by atoms with Crippen molar-refractivity contribution in [2.24, 2.45) is 0 Å². The summed E-state index contributed by atoms with van der Waals surface area (Å²) >= 11 is 0. The molecule has 11 heteroatoms. The Kier molecular flexibility index (Phi) is 4.87. The SMILES string of the molecule is CC1(C)Cc2cccc(C(=O)OC(CC(=O)[O-])(C(F)(F)F)C(F)(F)F)c2O1. The van der Waals surface area contributed by atoms with Crippen molar-refractivity contribution in [2.45, 2.75) is 50.2 Å². The molecule has 0 spiro atoms. The molecular formula is C16H13F6O5-. The summed E-state index contributed by atoms with van der Waals surface area (Å²) in [4.78, 5) is 22.8. The normalized spacial score (nSPS) is 16.4. The maximum Gasteiger partial charge on any atom is 0.437 e. The van der Waals surface area contributed by atoms with Crippen LogP contribution in [0.25, 0.3) is 0 Å². The molecule has 0 aliphatic carbocycles. The predicted octanol–water partition coefficient (Wildman–Crippen LogP) is 2.56. The van der Waals surface area contributed by atoms with Crippen molar-refractivity contribution in [3.8, 4) is 5.75 Å². The molecule has 150 valence electrons. The maximum atomic E-state index is 13.2. The zero-order chi connectivity index (χ0) is 20.8. The lowest BCUT2D eigenvalue weighted by molar-refractivity contribution is -0.377. The number of fused-ring (bicyclic) bond motifs is 1. The van der Waals surface area contributed by atoms with Gasteiger partial charge in [-0.05, 0) is 25.5 Å². The molecule has 0 radical (unpaired) electrons. The number of ether oxygens (including phenoxy) is 2. The minimum atomic E-state index is -6.25. The van der Waals surface area contributed by atoms with Crippen molar-refractivity contribution in [1.82, 2.24) is 0 Å². The van der Waals surface area contributed by atoms with E-state index in [1.165, 1.54) is 12.1 Å². The van der Waals surface area contributed by atoms with Crippen LogP contribution in [0.5, 0.6) is 5.75 Å². The number of para-hydroxylation sites is 1. The van der Waals surface area contributed by atoms with Crippen LogP contribution >= 0.6 is 0 Å². The van der Waals surface area contributed by atoms with Gasteiger partial charge in [-0.25, -0.2) is 4.79 Å². The number of carboxylic acid groups (broad SMARTS) is 1. The Bertz CT molecular complexity index is 752. The number of carbonyl (C=O) groups is 2. The average molecular weight is 399 g/mol. The molecule has 1 aromatic carbocycles. The highest BCUT2D eigenvalue weighted by Gasteiger charge is 2.74. The van der Waals surface area contributed by atoms with Gasteiger partial charge in [0.25, 0.3) is 0 Å². The van der Waals surface area contributed by atoms with Gasteiger partial charge in [0.1, 0.15) is 16.9 Å². The van der Waals surface area contributed by atoms with Gasteiger partial charge >= 0.3 is 23.9 Å². The summed E-state index contributed by atoms with van der Waals surface area (Å²) in [5.41, 5.74) is -6.38. The molecule has 27 heavy (non-hydrogen) atoms. The average Bonchev–Trinajstić information content (AvgIpc) is 2.76. The van der Waals surface area contributed by atoms with Crippen LogP contribution < -0.4 is 9.84 Å². The van der Waals surface area contributed by atoms with Crippen molar-refractivity contribution in [3.63, 3.8) is 0 Å². The number of halogens is 6. The molecule has 0 bridgehead atoms. The molecule has 1 aliphatic rings. The van der Waals surface area contributed by atoms with Gasteiger partial charge in [-0.2, -0.15) is 26.3 Å². The van der Waals surface area contributed by atoms with Crippen LogP contribution in [0.15, 0.2) is 18.2 Å². The van der Waals surface area contributed by atoms with Crippen molar-refractivity contribution in [3.05, 3.63) is 29.3 Å². The lowest BCUT2D eigenvalue weighted by Crippen LogP contribution is -2.61. The number of benzene rings is 1. The van der Waals surface area contributed by atoms with E-state index in [-0.39, 0.29) is 12.2 Å². The molecule has 1 heterocycles. The second-order valence-electron chi connectivity index (χ2n) is 6.59. The van der Waals surface area contributed by atoms with Gasteiger partial charge in [0.2, 0.25) is 0 Å². The van der Waals surface area contributed by atoms with Crippen LogP contribution in [-0.4, -0.2) is 35.5 Å². The third-order valence-electron chi connectivity index (χ3n) is 3.89. The lowest BCUT2D eigenvalue weighted by Gasteiger charge is -2.36. The zero-order valence-corrected chi connectivity index (χ0v) is 14.0. The van der Waals surface area contributed by atoms with Gasteiger partial charge in [0.15, 0.2) is 0 Å². The fourth-order valence-electron chi connectivity index (χ4n) is 2.71. The maximum absolute atomic E-state index is 13.2. The first kappa shape index (κ1) is 20.8. The van der Waals surface area contributed by atoms with E-state index in [1.807, 2.05) is 0 Å². The lowest BCUT2D eigenvalue weighted by atomic mass is 9.97. The van der Waals surface area contributed by atoms with E-state index in [9.17, 15) is 41.0 Å². The van der Waals surface area contributed by atoms with Crippen LogP contribution in [0.2, 0.25) is 0 Å². The summed E-state index contributed by atoms with van der Waals surface area (Å²) in [6, 6.07) is 3.66. The Morgan fingerprint density at radius 2 is 1.70 bits per heavy atom. The van der Waals surface area contributed by atoms with Gasteiger partial charge in [-0.15, -0.1) is 0 Å². The molecule has 0 amide bonds. The number of alkyl halides is 6. The van der Waals surface area contributed by atoms with Crippen molar-refractivity contribution in [2.75, 3.05) is 0 Å². The number of aliphatic carboxylic acids is 1. The first-order valence-corrected chi connectivity index (χ1v) is 7.47. The predicted molar refractivity (Wildman–Crippen MR) is 74.7 cm³/mol. The summed E-state index contributed by atoms with van der Waals surface area (Å²) in [6.45, 7) is 3.21. The van der Waals surface area contributed by atoms with Crippen LogP contribution in [-0.2, 0) is 16.0 Å². The van der Waals surface area contributed by atoms with Gasteiger partial charge in [-0.3, -0.25) is 0 Å². The van der Waals surface area contributed by atoms with Crippen LogP contribution in [0, 0.1) is 0 Å². The van der Waals surface area contributed by atoms with Crippen molar-refractivity contribution < 1.29 is 50.5 Å². The molecule has 0 saturated carbocycles. The van der Waals surface area contributed by atoms with E-state index >= 15 is 0 Å². The number of hydrogen-bond donors (Lipinski definition) is 0. The number of carbonyl (C=O) groups excluding carboxylic acids is 2. The Morgan fingerprint density at radius 3 is 2.19 bits per heavy atom. The van der Waals surface area contributed by atoms with Crippen LogP contribution in [0.4, 0.5) is 26.3 Å². The second kappa shape index (κ2) is 6.31. The highest BCUT2D eigenvalue weighted by atomic mass is 19.4. The fourth-order valence-corrected chi connectivity index (χ4v) is 2.71. The number of hydrogen-bond acceptors (Lipinski definition) is 5. The molecule has 0 unspecified atom stereocenters. The highest BCUT2D eigenvalue weighted by molar-refractivity contribution is 5.94. The van der Waals surface area contributed by atoms with E-state index in [4.69, 9.17) is 4.74 Å². The summed E-state index contributed by atoms with van der Waals surface area (Å²) in [6.07, 6.45) is -14.9. The molecule has 0 N–H and O–H groups in total. The summed E-state index contributed by atoms with van der Waals surface area (Å²) in [7, 11) is 0. The van der Waals surface area contributed by atoms with Crippen molar-refractivity contribution in [1.29, 1.82) is 0 Å². The molecular weight excluding hydrogens is 386 g/mol. The first-order valence-electron chi connectivity index (χ1n) is 7.47.